The summed E-state index contributed by atoms with van der Waals surface area (Å²) in [4.78, 5) is 29.4. The summed E-state index contributed by atoms with van der Waals surface area (Å²) in [5, 5.41) is 2.91. The van der Waals surface area contributed by atoms with Crippen molar-refractivity contribution in [2.75, 3.05) is 24.2 Å². The van der Waals surface area contributed by atoms with Crippen LogP contribution in [0.4, 0.5) is 10.5 Å². The lowest BCUT2D eigenvalue weighted by Crippen LogP contribution is -2.27. The van der Waals surface area contributed by atoms with Gasteiger partial charge in [0.1, 0.15) is 5.69 Å². The highest BCUT2D eigenvalue weighted by molar-refractivity contribution is 8.13. The number of thioether (sulfide) groups is 1. The van der Waals surface area contributed by atoms with E-state index < -0.39 is 0 Å². The van der Waals surface area contributed by atoms with E-state index in [0.29, 0.717) is 17.9 Å². The molecule has 1 aliphatic heterocycles. The van der Waals surface area contributed by atoms with E-state index in [1.165, 1.54) is 11.8 Å². The van der Waals surface area contributed by atoms with Gasteiger partial charge < -0.3 is 10.2 Å². The predicted molar refractivity (Wildman–Crippen MR) is 99.3 cm³/mol. The summed E-state index contributed by atoms with van der Waals surface area (Å²) in [7, 11) is 0. The van der Waals surface area contributed by atoms with Gasteiger partial charge in [-0.3, -0.25) is 9.59 Å². The number of amides is 2. The zero-order valence-electron chi connectivity index (χ0n) is 13.6. The van der Waals surface area contributed by atoms with Crippen molar-refractivity contribution >= 4 is 28.6 Å². The maximum atomic E-state index is 12.1. The normalized spacial score (nSPS) is 13.3. The fourth-order valence-corrected chi connectivity index (χ4v) is 3.19. The van der Waals surface area contributed by atoms with E-state index in [9.17, 15) is 9.59 Å². The number of carbonyl (C=O) groups is 2. The molecule has 2 heterocycles. The molecule has 0 bridgehead atoms. The summed E-state index contributed by atoms with van der Waals surface area (Å²) in [5.74, 6) is 6.72. The maximum absolute atomic E-state index is 12.1. The Hall–Kier alpha value is -2.78. The average Bonchev–Trinajstić information content (AvgIpc) is 3.04. The van der Waals surface area contributed by atoms with Crippen LogP contribution in [0.15, 0.2) is 48.7 Å². The molecule has 6 heteroatoms. The number of hydrogen-bond acceptors (Lipinski definition) is 4. The quantitative estimate of drug-likeness (QED) is 0.860. The van der Waals surface area contributed by atoms with Gasteiger partial charge in [-0.15, -0.1) is 0 Å². The lowest BCUT2D eigenvalue weighted by molar-refractivity contribution is -0.116. The lowest BCUT2D eigenvalue weighted by Gasteiger charge is -2.13. The van der Waals surface area contributed by atoms with Crippen LogP contribution in [0.1, 0.15) is 17.7 Å². The molecule has 1 N–H and O–H groups in total. The predicted octanol–water partition coefficient (Wildman–Crippen LogP) is 2.98. The SMILES string of the molecule is O=C(CCN1CCSC1=O)Nc1cccc(C#Cc2ccccn2)c1. The van der Waals surface area contributed by atoms with Crippen molar-refractivity contribution in [2.45, 2.75) is 6.42 Å². The van der Waals surface area contributed by atoms with E-state index >= 15 is 0 Å². The highest BCUT2D eigenvalue weighted by Crippen LogP contribution is 2.17. The van der Waals surface area contributed by atoms with Gasteiger partial charge in [-0.1, -0.05) is 29.8 Å². The molecule has 2 aromatic rings. The average molecular weight is 351 g/mol. The molecule has 0 aliphatic carbocycles. The van der Waals surface area contributed by atoms with Gasteiger partial charge in [-0.2, -0.15) is 0 Å². The van der Waals surface area contributed by atoms with Crippen LogP contribution in [0.2, 0.25) is 0 Å². The van der Waals surface area contributed by atoms with E-state index in [4.69, 9.17) is 0 Å². The first-order valence-electron chi connectivity index (χ1n) is 7.95. The molecule has 1 aromatic carbocycles. The second-order valence-electron chi connectivity index (χ2n) is 5.45. The van der Waals surface area contributed by atoms with Crippen LogP contribution >= 0.6 is 11.8 Å². The molecule has 0 radical (unpaired) electrons. The van der Waals surface area contributed by atoms with E-state index in [-0.39, 0.29) is 17.6 Å². The summed E-state index contributed by atoms with van der Waals surface area (Å²) in [6.45, 7) is 1.17. The molecule has 1 aromatic heterocycles. The largest absolute Gasteiger partial charge is 0.332 e. The molecular weight excluding hydrogens is 334 g/mol. The minimum absolute atomic E-state index is 0.0552. The summed E-state index contributed by atoms with van der Waals surface area (Å²) < 4.78 is 0. The monoisotopic (exact) mass is 351 g/mol. The summed E-state index contributed by atoms with van der Waals surface area (Å²) in [6, 6.07) is 12.9. The highest BCUT2D eigenvalue weighted by atomic mass is 32.2. The molecule has 3 rings (SSSR count). The van der Waals surface area contributed by atoms with Gasteiger partial charge in [0.15, 0.2) is 0 Å². The molecule has 0 saturated carbocycles. The number of aromatic nitrogens is 1. The van der Waals surface area contributed by atoms with Crippen molar-refractivity contribution in [1.29, 1.82) is 0 Å². The van der Waals surface area contributed by atoms with Crippen LogP contribution in [0.3, 0.4) is 0 Å². The standard InChI is InChI=1S/C19H17N3O2S/c23-18(9-11-22-12-13-25-19(22)24)21-17-6-3-4-15(14-17)7-8-16-5-1-2-10-20-16/h1-6,10,14H,9,11-13H2,(H,21,23). The first-order chi connectivity index (χ1) is 12.2. The van der Waals surface area contributed by atoms with E-state index in [0.717, 1.165) is 17.9 Å². The number of nitrogens with one attached hydrogen (secondary N) is 1. The third-order valence-corrected chi connectivity index (χ3v) is 4.49. The van der Waals surface area contributed by atoms with Crippen molar-refractivity contribution in [3.8, 4) is 11.8 Å². The van der Waals surface area contributed by atoms with Gasteiger partial charge in [0.2, 0.25) is 5.91 Å². The molecule has 1 aliphatic rings. The Morgan fingerprint density at radius 1 is 1.24 bits per heavy atom. The Morgan fingerprint density at radius 3 is 2.92 bits per heavy atom. The van der Waals surface area contributed by atoms with Gasteiger partial charge in [-0.05, 0) is 36.3 Å². The van der Waals surface area contributed by atoms with Gasteiger partial charge in [0, 0.05) is 42.7 Å². The Bertz CT molecular complexity index is 827. The Kier molecular flexibility index (Phi) is 5.70. The zero-order valence-corrected chi connectivity index (χ0v) is 14.4. The number of anilines is 1. The Labute approximate surface area is 150 Å². The van der Waals surface area contributed by atoms with E-state index in [1.54, 1.807) is 11.1 Å². The van der Waals surface area contributed by atoms with Gasteiger partial charge in [0.05, 0.1) is 0 Å². The molecule has 2 amide bonds. The van der Waals surface area contributed by atoms with Gasteiger partial charge >= 0.3 is 0 Å². The third kappa shape index (κ3) is 5.10. The number of rotatable bonds is 4. The topological polar surface area (TPSA) is 62.3 Å². The van der Waals surface area contributed by atoms with Crippen LogP contribution in [0.25, 0.3) is 0 Å². The molecule has 5 nitrogen and oxygen atoms in total. The summed E-state index contributed by atoms with van der Waals surface area (Å²) in [5.41, 5.74) is 2.19. The fraction of sp³-hybridized carbons (Fsp3) is 0.211. The molecule has 0 spiro atoms. The first-order valence-corrected chi connectivity index (χ1v) is 8.94. The second-order valence-corrected chi connectivity index (χ2v) is 6.49. The maximum Gasteiger partial charge on any atom is 0.281 e. The third-order valence-electron chi connectivity index (χ3n) is 3.60. The fourth-order valence-electron chi connectivity index (χ4n) is 2.34. The Morgan fingerprint density at radius 2 is 2.16 bits per heavy atom. The molecule has 0 atom stereocenters. The second kappa shape index (κ2) is 8.36. The molecule has 1 saturated heterocycles. The van der Waals surface area contributed by atoms with Gasteiger partial charge in [-0.25, -0.2) is 4.98 Å². The lowest BCUT2D eigenvalue weighted by atomic mass is 10.2. The number of carbonyl (C=O) groups excluding carboxylic acids is 2. The molecule has 126 valence electrons. The minimum atomic E-state index is -0.112. The number of pyridine rings is 1. The van der Waals surface area contributed by atoms with E-state index in [2.05, 4.69) is 22.1 Å². The molecular formula is C19H17N3O2S. The molecule has 0 unspecified atom stereocenters. The van der Waals surface area contributed by atoms with Crippen LogP contribution in [-0.2, 0) is 4.79 Å². The van der Waals surface area contributed by atoms with Gasteiger partial charge in [0.25, 0.3) is 5.24 Å². The minimum Gasteiger partial charge on any atom is -0.332 e. The van der Waals surface area contributed by atoms with E-state index in [1.807, 2.05) is 42.5 Å². The van der Waals surface area contributed by atoms with Crippen molar-refractivity contribution in [3.05, 3.63) is 59.9 Å². The summed E-state index contributed by atoms with van der Waals surface area (Å²) >= 11 is 1.30. The molecule has 25 heavy (non-hydrogen) atoms. The van der Waals surface area contributed by atoms with Crippen molar-refractivity contribution in [2.24, 2.45) is 0 Å². The van der Waals surface area contributed by atoms with Crippen molar-refractivity contribution < 1.29 is 9.59 Å². The Balaban J connectivity index is 1.57. The highest BCUT2D eigenvalue weighted by Gasteiger charge is 2.21. The van der Waals surface area contributed by atoms with Crippen molar-refractivity contribution in [1.82, 2.24) is 9.88 Å². The number of nitrogens with zero attached hydrogens (tertiary/aromatic N) is 2. The number of benzene rings is 1. The van der Waals surface area contributed by atoms with Crippen LogP contribution in [0, 0.1) is 11.8 Å². The number of hydrogen-bond donors (Lipinski definition) is 1. The van der Waals surface area contributed by atoms with Crippen molar-refractivity contribution in [3.63, 3.8) is 0 Å². The van der Waals surface area contributed by atoms with Crippen LogP contribution < -0.4 is 5.32 Å². The van der Waals surface area contributed by atoms with Crippen LogP contribution in [0.5, 0.6) is 0 Å². The zero-order chi connectivity index (χ0) is 17.5. The van der Waals surface area contributed by atoms with Crippen LogP contribution in [-0.4, -0.2) is 39.9 Å². The summed E-state index contributed by atoms with van der Waals surface area (Å²) in [6.07, 6.45) is 1.99. The first kappa shape index (κ1) is 17.1. The molecule has 1 fully saturated rings. The smallest absolute Gasteiger partial charge is 0.281 e.